The van der Waals surface area contributed by atoms with Crippen LogP contribution in [0.5, 0.6) is 11.5 Å². The molecule has 0 aliphatic rings. The van der Waals surface area contributed by atoms with Gasteiger partial charge in [0.15, 0.2) is 5.69 Å². The summed E-state index contributed by atoms with van der Waals surface area (Å²) in [5, 5.41) is 18.9. The molecule has 11 nitrogen and oxygen atoms in total. The highest BCUT2D eigenvalue weighted by atomic mass is 35.5. The second-order valence-corrected chi connectivity index (χ2v) is 7.95. The van der Waals surface area contributed by atoms with E-state index in [-0.39, 0.29) is 31.0 Å². The lowest BCUT2D eigenvalue weighted by molar-refractivity contribution is 0.0690. The molecule has 4 rings (SSSR count). The summed E-state index contributed by atoms with van der Waals surface area (Å²) in [6.45, 7) is -0.445. The number of carboxylic acids is 1. The zero-order valence-electron chi connectivity index (χ0n) is 18.7. The third-order valence-corrected chi connectivity index (χ3v) is 5.27. The molecule has 0 aliphatic heterocycles. The summed E-state index contributed by atoms with van der Waals surface area (Å²) in [4.78, 5) is 47.3. The fraction of sp³-hybridized carbons (Fsp3) is 0.125. The van der Waals surface area contributed by atoms with Gasteiger partial charge < -0.3 is 14.9 Å². The predicted octanol–water partition coefficient (Wildman–Crippen LogP) is 2.15. The van der Waals surface area contributed by atoms with Crippen LogP contribution in [-0.2, 0) is 13.1 Å². The number of hydrogen-bond acceptors (Lipinski definition) is 7. The molecule has 0 fully saturated rings. The standard InChI is InChI=1S/C24H20ClN5O6/c25-16-3-1-15(2-4-16)14-30-22(28-23(34)29(11-12-31)24(30)35)27-17-5-7-18(8-6-17)36-19-9-10-26-20(13-19)21(32)33/h1-10,13,31H,11-12,14H2,(H,32,33)(H,27,28,34). The number of aromatic nitrogens is 4. The number of aromatic amines is 1. The van der Waals surface area contributed by atoms with Crippen LogP contribution in [0.2, 0.25) is 5.02 Å². The number of H-pyrrole nitrogens is 1. The Morgan fingerprint density at radius 3 is 2.42 bits per heavy atom. The fourth-order valence-electron chi connectivity index (χ4n) is 3.29. The number of aliphatic hydroxyl groups excluding tert-OH is 1. The van der Waals surface area contributed by atoms with Crippen LogP contribution in [0.3, 0.4) is 0 Å². The van der Waals surface area contributed by atoms with Gasteiger partial charge in [-0.3, -0.25) is 9.55 Å². The Hall–Kier alpha value is -4.48. The van der Waals surface area contributed by atoms with Gasteiger partial charge in [0.2, 0.25) is 5.62 Å². The molecule has 12 heteroatoms. The van der Waals surface area contributed by atoms with Gasteiger partial charge in [0.25, 0.3) is 0 Å². The Labute approximate surface area is 208 Å². The molecule has 184 valence electrons. The first kappa shape index (κ1) is 24.6. The van der Waals surface area contributed by atoms with E-state index >= 15 is 0 Å². The van der Waals surface area contributed by atoms with Crippen molar-refractivity contribution in [3.8, 4) is 11.5 Å². The summed E-state index contributed by atoms with van der Waals surface area (Å²) in [7, 11) is 0. The first-order chi connectivity index (χ1) is 17.3. The fourth-order valence-corrected chi connectivity index (χ4v) is 3.42. The third kappa shape index (κ3) is 5.77. The second-order valence-electron chi connectivity index (χ2n) is 7.51. The van der Waals surface area contributed by atoms with Crippen molar-refractivity contribution in [1.29, 1.82) is 0 Å². The molecule has 0 aliphatic carbocycles. The van der Waals surface area contributed by atoms with Crippen LogP contribution in [0.25, 0.3) is 0 Å². The number of carbonyl (C=O) groups is 1. The first-order valence-electron chi connectivity index (χ1n) is 10.7. The van der Waals surface area contributed by atoms with Crippen molar-refractivity contribution < 1.29 is 19.7 Å². The lowest BCUT2D eigenvalue weighted by Crippen LogP contribution is -2.50. The van der Waals surface area contributed by atoms with E-state index in [2.05, 4.69) is 15.0 Å². The van der Waals surface area contributed by atoms with Crippen LogP contribution in [0, 0.1) is 0 Å². The number of ether oxygens (including phenoxy) is 1. The van der Waals surface area contributed by atoms with E-state index in [4.69, 9.17) is 21.4 Å². The minimum Gasteiger partial charge on any atom is -0.477 e. The van der Waals surface area contributed by atoms with Gasteiger partial charge in [0, 0.05) is 17.3 Å². The number of nitrogens with zero attached hydrogens (tertiary/aromatic N) is 4. The minimum atomic E-state index is -1.17. The highest BCUT2D eigenvalue weighted by molar-refractivity contribution is 6.30. The van der Waals surface area contributed by atoms with Gasteiger partial charge in [-0.25, -0.2) is 28.9 Å². The monoisotopic (exact) mass is 509 g/mol. The number of benzene rings is 2. The van der Waals surface area contributed by atoms with Crippen molar-refractivity contribution >= 4 is 23.3 Å². The number of halogens is 1. The SMILES string of the molecule is O=C(O)c1cc(Oc2ccc(/N=c3\[nH]c(=O)n(CCO)c(=O)n3Cc3ccc(Cl)cc3)cc2)ccn1. The smallest absolute Gasteiger partial charge is 0.354 e. The summed E-state index contributed by atoms with van der Waals surface area (Å²) in [5.41, 5.74) is -0.293. The Kier molecular flexibility index (Phi) is 7.42. The molecular formula is C24H20ClN5O6. The largest absolute Gasteiger partial charge is 0.477 e. The third-order valence-electron chi connectivity index (χ3n) is 5.02. The van der Waals surface area contributed by atoms with E-state index in [0.717, 1.165) is 10.1 Å². The van der Waals surface area contributed by atoms with Crippen LogP contribution in [0.15, 0.2) is 81.4 Å². The van der Waals surface area contributed by atoms with Crippen molar-refractivity contribution in [3.05, 3.63) is 110 Å². The molecule has 4 aromatic rings. The number of rotatable bonds is 8. The lowest BCUT2D eigenvalue weighted by Gasteiger charge is -2.11. The van der Waals surface area contributed by atoms with Crippen LogP contribution >= 0.6 is 11.6 Å². The molecule has 0 saturated heterocycles. The first-order valence-corrected chi connectivity index (χ1v) is 11.0. The zero-order valence-corrected chi connectivity index (χ0v) is 19.4. The van der Waals surface area contributed by atoms with Crippen molar-refractivity contribution in [2.75, 3.05) is 6.61 Å². The Balaban J connectivity index is 1.69. The summed E-state index contributed by atoms with van der Waals surface area (Å²) < 4.78 is 7.85. The Morgan fingerprint density at radius 1 is 1.03 bits per heavy atom. The molecule has 0 bridgehead atoms. The molecule has 3 N–H and O–H groups in total. The number of hydrogen-bond donors (Lipinski definition) is 3. The number of aromatic carboxylic acids is 1. The number of nitrogens with one attached hydrogen (secondary N) is 1. The minimum absolute atomic E-state index is 0.0167. The highest BCUT2D eigenvalue weighted by Crippen LogP contribution is 2.24. The molecular weight excluding hydrogens is 490 g/mol. The summed E-state index contributed by atoms with van der Waals surface area (Å²) in [5.74, 6) is -0.460. The molecule has 0 atom stereocenters. The Morgan fingerprint density at radius 2 is 1.75 bits per heavy atom. The van der Waals surface area contributed by atoms with Crippen molar-refractivity contribution in [2.45, 2.75) is 13.1 Å². The van der Waals surface area contributed by atoms with E-state index in [9.17, 15) is 19.5 Å². The van der Waals surface area contributed by atoms with Crippen molar-refractivity contribution in [3.63, 3.8) is 0 Å². The summed E-state index contributed by atoms with van der Waals surface area (Å²) in [6, 6.07) is 16.1. The van der Waals surface area contributed by atoms with Gasteiger partial charge in [-0.1, -0.05) is 23.7 Å². The zero-order chi connectivity index (χ0) is 25.7. The van der Waals surface area contributed by atoms with E-state index in [0.29, 0.717) is 22.2 Å². The maximum Gasteiger partial charge on any atom is 0.354 e. The average Bonchev–Trinajstić information content (AvgIpc) is 2.86. The second kappa shape index (κ2) is 10.8. The number of carboxylic acid groups (broad SMARTS) is 1. The molecule has 0 unspecified atom stereocenters. The topological polar surface area (TPSA) is 152 Å². The Bertz CT molecular complexity index is 1570. The van der Waals surface area contributed by atoms with Crippen LogP contribution in [0.4, 0.5) is 5.69 Å². The maximum absolute atomic E-state index is 13.0. The van der Waals surface area contributed by atoms with Crippen LogP contribution < -0.4 is 21.7 Å². The molecule has 0 amide bonds. The molecule has 0 saturated carbocycles. The molecule has 2 aromatic carbocycles. The van der Waals surface area contributed by atoms with E-state index in [1.165, 1.54) is 22.9 Å². The average molecular weight is 510 g/mol. The summed E-state index contributed by atoms with van der Waals surface area (Å²) in [6.07, 6.45) is 1.33. The van der Waals surface area contributed by atoms with Crippen molar-refractivity contribution in [1.82, 2.24) is 19.1 Å². The highest BCUT2D eigenvalue weighted by Gasteiger charge is 2.10. The quantitative estimate of drug-likeness (QED) is 0.329. The van der Waals surface area contributed by atoms with Crippen molar-refractivity contribution in [2.24, 2.45) is 4.99 Å². The van der Waals surface area contributed by atoms with E-state index in [1.807, 2.05) is 0 Å². The maximum atomic E-state index is 13.0. The van der Waals surface area contributed by atoms with E-state index < -0.39 is 17.3 Å². The van der Waals surface area contributed by atoms with E-state index in [1.54, 1.807) is 48.5 Å². The van der Waals surface area contributed by atoms with Crippen LogP contribution in [0.1, 0.15) is 16.1 Å². The van der Waals surface area contributed by atoms with Gasteiger partial charge in [-0.05, 0) is 48.0 Å². The number of pyridine rings is 1. The molecule has 2 heterocycles. The lowest BCUT2D eigenvalue weighted by atomic mass is 10.2. The van der Waals surface area contributed by atoms with Gasteiger partial charge in [0.1, 0.15) is 11.5 Å². The predicted molar refractivity (Wildman–Crippen MR) is 130 cm³/mol. The summed E-state index contributed by atoms with van der Waals surface area (Å²) >= 11 is 5.95. The molecule has 2 aromatic heterocycles. The number of aliphatic hydroxyl groups is 1. The van der Waals surface area contributed by atoms with Gasteiger partial charge in [-0.15, -0.1) is 0 Å². The van der Waals surface area contributed by atoms with Gasteiger partial charge >= 0.3 is 17.3 Å². The van der Waals surface area contributed by atoms with Crippen LogP contribution in [-0.4, -0.2) is 41.9 Å². The molecule has 36 heavy (non-hydrogen) atoms. The van der Waals surface area contributed by atoms with Gasteiger partial charge in [-0.2, -0.15) is 0 Å². The molecule has 0 radical (unpaired) electrons. The molecule has 0 spiro atoms. The van der Waals surface area contributed by atoms with Gasteiger partial charge in [0.05, 0.1) is 25.4 Å². The normalized spacial score (nSPS) is 11.4.